The summed E-state index contributed by atoms with van der Waals surface area (Å²) in [6.45, 7) is 7.12. The van der Waals surface area contributed by atoms with E-state index in [2.05, 4.69) is 19.2 Å². The van der Waals surface area contributed by atoms with E-state index in [4.69, 9.17) is 11.6 Å². The quantitative estimate of drug-likeness (QED) is 0.544. The van der Waals surface area contributed by atoms with Crippen LogP contribution in [0.25, 0.3) is 0 Å². The van der Waals surface area contributed by atoms with E-state index < -0.39 is 10.0 Å². The molecular weight excluding hydrogens is 384 g/mol. The molecule has 1 amide bonds. The Kier molecular flexibility index (Phi) is 10.2. The van der Waals surface area contributed by atoms with Gasteiger partial charge in [-0.3, -0.25) is 9.10 Å². The van der Waals surface area contributed by atoms with E-state index in [1.165, 1.54) is 17.0 Å². The minimum absolute atomic E-state index is 0.0275. The van der Waals surface area contributed by atoms with Crippen LogP contribution >= 0.6 is 11.6 Å². The summed E-state index contributed by atoms with van der Waals surface area (Å²) in [5.41, 5.74) is 1.42. The van der Waals surface area contributed by atoms with E-state index >= 15 is 0 Å². The van der Waals surface area contributed by atoms with Gasteiger partial charge >= 0.3 is 0 Å². The van der Waals surface area contributed by atoms with Crippen molar-refractivity contribution in [1.29, 1.82) is 0 Å². The minimum atomic E-state index is -3.44. The molecule has 0 aliphatic rings. The topological polar surface area (TPSA) is 66.5 Å². The first-order valence-corrected chi connectivity index (χ1v) is 11.9. The van der Waals surface area contributed by atoms with Crippen molar-refractivity contribution in [2.45, 2.75) is 59.3 Å². The van der Waals surface area contributed by atoms with E-state index in [1.807, 2.05) is 6.92 Å². The lowest BCUT2D eigenvalue weighted by Crippen LogP contribution is -2.33. The van der Waals surface area contributed by atoms with Crippen LogP contribution in [0.3, 0.4) is 0 Å². The number of unbranched alkanes of at least 4 members (excludes halogenated alkanes) is 1. The van der Waals surface area contributed by atoms with Crippen LogP contribution in [-0.4, -0.2) is 33.7 Å². The molecule has 0 saturated heterocycles. The molecule has 1 aromatic carbocycles. The third-order valence-electron chi connectivity index (χ3n) is 4.74. The zero-order valence-electron chi connectivity index (χ0n) is 16.9. The van der Waals surface area contributed by atoms with Gasteiger partial charge in [-0.2, -0.15) is 0 Å². The van der Waals surface area contributed by atoms with Crippen LogP contribution in [0.15, 0.2) is 18.2 Å². The first kappa shape index (κ1) is 23.8. The van der Waals surface area contributed by atoms with Gasteiger partial charge in [0.25, 0.3) is 0 Å². The fourth-order valence-electron chi connectivity index (χ4n) is 2.90. The van der Waals surface area contributed by atoms with Crippen molar-refractivity contribution < 1.29 is 13.2 Å². The molecule has 0 spiro atoms. The van der Waals surface area contributed by atoms with E-state index in [9.17, 15) is 13.2 Å². The van der Waals surface area contributed by atoms with E-state index in [1.54, 1.807) is 18.2 Å². The number of rotatable bonds is 12. The van der Waals surface area contributed by atoms with Crippen LogP contribution < -0.4 is 9.62 Å². The molecule has 0 bridgehead atoms. The molecule has 1 N–H and O–H groups in total. The summed E-state index contributed by atoms with van der Waals surface area (Å²) in [5.74, 6) is 0.483. The summed E-state index contributed by atoms with van der Waals surface area (Å²) in [6, 6.07) is 5.18. The number of hydrogen-bond acceptors (Lipinski definition) is 3. The summed E-state index contributed by atoms with van der Waals surface area (Å²) in [5, 5.41) is 3.51. The predicted octanol–water partition coefficient (Wildman–Crippen LogP) is 4.53. The normalized spacial score (nSPS) is 12.6. The fraction of sp³-hybridized carbons (Fsp3) is 0.650. The van der Waals surface area contributed by atoms with Crippen LogP contribution in [0.1, 0.15) is 57.9 Å². The number of carbonyl (C=O) groups excluding carboxylic acids is 1. The van der Waals surface area contributed by atoms with Gasteiger partial charge in [0.15, 0.2) is 0 Å². The number of hydrogen-bond donors (Lipinski definition) is 1. The lowest BCUT2D eigenvalue weighted by atomic mass is 9.99. The number of sulfonamides is 1. The second-order valence-electron chi connectivity index (χ2n) is 7.09. The number of nitrogens with one attached hydrogen (secondary N) is 1. The number of aryl methyl sites for hydroxylation is 1. The fourth-order valence-corrected chi connectivity index (χ4v) is 4.03. The van der Waals surface area contributed by atoms with Crippen LogP contribution in [0.5, 0.6) is 0 Å². The lowest BCUT2D eigenvalue weighted by Gasteiger charge is -2.23. The number of halogens is 1. The third kappa shape index (κ3) is 8.52. The van der Waals surface area contributed by atoms with Crippen molar-refractivity contribution in [1.82, 2.24) is 5.32 Å². The summed E-state index contributed by atoms with van der Waals surface area (Å²) in [4.78, 5) is 12.1. The van der Waals surface area contributed by atoms with Crippen LogP contribution in [0.4, 0.5) is 5.69 Å². The van der Waals surface area contributed by atoms with Crippen molar-refractivity contribution in [3.8, 4) is 0 Å². The molecule has 0 aliphatic carbocycles. The average Bonchev–Trinajstić information content (AvgIpc) is 2.60. The Balaban J connectivity index is 2.57. The van der Waals surface area contributed by atoms with Crippen LogP contribution in [0.2, 0.25) is 5.02 Å². The van der Waals surface area contributed by atoms with Gasteiger partial charge in [0.05, 0.1) is 11.9 Å². The number of benzene rings is 1. The van der Waals surface area contributed by atoms with Gasteiger partial charge in [0.2, 0.25) is 15.9 Å². The van der Waals surface area contributed by atoms with E-state index in [0.717, 1.165) is 24.8 Å². The molecule has 1 aromatic rings. The highest BCUT2D eigenvalue weighted by atomic mass is 35.5. The summed E-state index contributed by atoms with van der Waals surface area (Å²) < 4.78 is 25.6. The average molecular weight is 417 g/mol. The molecule has 0 heterocycles. The third-order valence-corrected chi connectivity index (χ3v) is 6.34. The Hall–Kier alpha value is -1.27. The number of carbonyl (C=O) groups is 1. The predicted molar refractivity (Wildman–Crippen MR) is 114 cm³/mol. The Labute approximate surface area is 169 Å². The highest BCUT2D eigenvalue weighted by Gasteiger charge is 2.18. The molecule has 0 fully saturated rings. The monoisotopic (exact) mass is 416 g/mol. The van der Waals surface area contributed by atoms with Gasteiger partial charge in [-0.1, -0.05) is 50.8 Å². The van der Waals surface area contributed by atoms with Crippen molar-refractivity contribution in [3.05, 3.63) is 28.8 Å². The smallest absolute Gasteiger partial charge is 0.232 e. The van der Waals surface area contributed by atoms with Crippen molar-refractivity contribution in [2.24, 2.45) is 5.92 Å². The second kappa shape index (κ2) is 11.5. The lowest BCUT2D eigenvalue weighted by molar-refractivity contribution is -0.121. The van der Waals surface area contributed by atoms with Crippen LogP contribution in [-0.2, 0) is 14.8 Å². The maximum atomic E-state index is 12.1. The van der Waals surface area contributed by atoms with Crippen LogP contribution in [0, 0.1) is 12.8 Å². The number of anilines is 1. The van der Waals surface area contributed by atoms with Crippen molar-refractivity contribution in [2.75, 3.05) is 23.7 Å². The Morgan fingerprint density at radius 3 is 2.52 bits per heavy atom. The van der Waals surface area contributed by atoms with Gasteiger partial charge in [0, 0.05) is 24.5 Å². The summed E-state index contributed by atoms with van der Waals surface area (Å²) >= 11 is 6.13. The molecule has 1 rings (SSSR count). The molecule has 27 heavy (non-hydrogen) atoms. The molecule has 5 nitrogen and oxygen atoms in total. The van der Waals surface area contributed by atoms with Crippen molar-refractivity contribution in [3.63, 3.8) is 0 Å². The first-order valence-electron chi connectivity index (χ1n) is 9.69. The van der Waals surface area contributed by atoms with Gasteiger partial charge in [-0.25, -0.2) is 8.42 Å². The van der Waals surface area contributed by atoms with Gasteiger partial charge in [-0.15, -0.1) is 0 Å². The molecule has 154 valence electrons. The van der Waals surface area contributed by atoms with Crippen molar-refractivity contribution >= 4 is 33.2 Å². The summed E-state index contributed by atoms with van der Waals surface area (Å²) in [6.07, 6.45) is 6.44. The largest absolute Gasteiger partial charge is 0.356 e. The molecule has 0 aromatic heterocycles. The molecule has 7 heteroatoms. The first-order chi connectivity index (χ1) is 12.7. The SMILES string of the molecule is CCCC[C@@H](CC)CNC(=O)CCCN(c1ccc(C)c(Cl)c1)S(C)(=O)=O. The Bertz CT molecular complexity index is 707. The van der Waals surface area contributed by atoms with Gasteiger partial charge in [-0.05, 0) is 43.4 Å². The standard InChI is InChI=1S/C20H33ClN2O3S/c1-5-7-9-17(6-2)15-22-20(24)10-8-13-23(27(4,25)26)18-12-11-16(3)19(21)14-18/h11-12,14,17H,5-10,13,15H2,1-4H3,(H,22,24)/t17-/m1/s1. The second-order valence-corrected chi connectivity index (χ2v) is 9.41. The molecule has 1 atom stereocenters. The van der Waals surface area contributed by atoms with Gasteiger partial charge in [0.1, 0.15) is 0 Å². The molecule has 0 radical (unpaired) electrons. The van der Waals surface area contributed by atoms with Gasteiger partial charge < -0.3 is 5.32 Å². The minimum Gasteiger partial charge on any atom is -0.356 e. The highest BCUT2D eigenvalue weighted by Crippen LogP contribution is 2.25. The van der Waals surface area contributed by atoms with E-state index in [-0.39, 0.29) is 12.5 Å². The zero-order valence-corrected chi connectivity index (χ0v) is 18.5. The number of nitrogens with zero attached hydrogens (tertiary/aromatic N) is 1. The highest BCUT2D eigenvalue weighted by molar-refractivity contribution is 7.92. The number of amides is 1. The Morgan fingerprint density at radius 1 is 1.26 bits per heavy atom. The maximum Gasteiger partial charge on any atom is 0.232 e. The molecule has 0 aliphatic heterocycles. The Morgan fingerprint density at radius 2 is 1.96 bits per heavy atom. The molecular formula is C20H33ClN2O3S. The van der Waals surface area contributed by atoms with E-state index in [0.29, 0.717) is 36.0 Å². The maximum absolute atomic E-state index is 12.1. The molecule has 0 unspecified atom stereocenters. The molecule has 0 saturated carbocycles. The zero-order chi connectivity index (χ0) is 20.4. The summed E-state index contributed by atoms with van der Waals surface area (Å²) in [7, 11) is -3.44.